The van der Waals surface area contributed by atoms with Crippen LogP contribution in [0.2, 0.25) is 5.02 Å². The molecular weight excluding hydrogens is 382 g/mol. The lowest BCUT2D eigenvalue weighted by Gasteiger charge is -2.22. The molecule has 126 valence electrons. The highest BCUT2D eigenvalue weighted by molar-refractivity contribution is 9.10. The Hall–Kier alpha value is -1.34. The van der Waals surface area contributed by atoms with Gasteiger partial charge in [0.1, 0.15) is 6.04 Å². The molecule has 0 fully saturated rings. The van der Waals surface area contributed by atoms with E-state index in [4.69, 9.17) is 11.6 Å². The molecule has 0 N–H and O–H groups in total. The number of rotatable bonds is 5. The summed E-state index contributed by atoms with van der Waals surface area (Å²) in [6.07, 6.45) is 1.91. The van der Waals surface area contributed by atoms with Crippen molar-refractivity contribution < 1.29 is 4.79 Å². The van der Waals surface area contributed by atoms with Gasteiger partial charge in [-0.25, -0.2) is 0 Å². The van der Waals surface area contributed by atoms with Crippen LogP contribution in [-0.4, -0.2) is 37.4 Å². The summed E-state index contributed by atoms with van der Waals surface area (Å²) in [7, 11) is 1.77. The van der Waals surface area contributed by atoms with Crippen LogP contribution in [0, 0.1) is 13.8 Å². The Bertz CT molecular complexity index is 724. The molecule has 6 nitrogen and oxygen atoms in total. The predicted molar refractivity (Wildman–Crippen MR) is 93.5 cm³/mol. The van der Waals surface area contributed by atoms with Crippen LogP contribution in [0.3, 0.4) is 0 Å². The van der Waals surface area contributed by atoms with Crippen LogP contribution in [-0.2, 0) is 17.9 Å². The highest BCUT2D eigenvalue weighted by Crippen LogP contribution is 2.23. The second-order valence-corrected chi connectivity index (χ2v) is 6.81. The largest absolute Gasteiger partial charge is 0.338 e. The minimum atomic E-state index is -0.418. The van der Waals surface area contributed by atoms with E-state index in [0.29, 0.717) is 11.6 Å². The number of halogens is 2. The average Bonchev–Trinajstić information content (AvgIpc) is 3.00. The zero-order chi connectivity index (χ0) is 17.3. The van der Waals surface area contributed by atoms with Crippen LogP contribution in [0.1, 0.15) is 37.0 Å². The van der Waals surface area contributed by atoms with Crippen LogP contribution < -0.4 is 0 Å². The van der Waals surface area contributed by atoms with Crippen LogP contribution >= 0.6 is 27.5 Å². The third-order valence-corrected chi connectivity index (χ3v) is 5.04. The number of hydrogen-bond donors (Lipinski definition) is 0. The van der Waals surface area contributed by atoms with E-state index >= 15 is 0 Å². The molecule has 2 rings (SSSR count). The Morgan fingerprint density at radius 1 is 1.43 bits per heavy atom. The SMILES string of the molecule is CCn1cc(Br)c(CN(C)C(=O)C(C)n2nc(C)c(Cl)c2C)n1. The van der Waals surface area contributed by atoms with Crippen LogP contribution in [0.15, 0.2) is 10.7 Å². The normalized spacial score (nSPS) is 12.5. The molecule has 1 amide bonds. The standard InChI is InChI=1S/C15H21BrClN5O/c1-6-21-7-12(16)13(19-21)8-20(5)15(23)11(4)22-10(3)14(17)9(2)18-22/h7,11H,6,8H2,1-5H3. The van der Waals surface area contributed by atoms with Crippen LogP contribution in [0.25, 0.3) is 0 Å². The number of aryl methyl sites for hydroxylation is 2. The second-order valence-electron chi connectivity index (χ2n) is 5.58. The van der Waals surface area contributed by atoms with E-state index in [-0.39, 0.29) is 5.91 Å². The van der Waals surface area contributed by atoms with Gasteiger partial charge in [-0.1, -0.05) is 11.6 Å². The summed E-state index contributed by atoms with van der Waals surface area (Å²) in [4.78, 5) is 14.3. The van der Waals surface area contributed by atoms with Gasteiger partial charge < -0.3 is 4.90 Å². The molecule has 0 bridgehead atoms. The highest BCUT2D eigenvalue weighted by atomic mass is 79.9. The van der Waals surface area contributed by atoms with Gasteiger partial charge in [-0.15, -0.1) is 0 Å². The van der Waals surface area contributed by atoms with Crippen molar-refractivity contribution >= 4 is 33.4 Å². The molecule has 0 aliphatic heterocycles. The zero-order valence-corrected chi connectivity index (χ0v) is 16.3. The average molecular weight is 403 g/mol. The fraction of sp³-hybridized carbons (Fsp3) is 0.533. The van der Waals surface area contributed by atoms with Crippen molar-refractivity contribution in [3.05, 3.63) is 32.8 Å². The second kappa shape index (κ2) is 7.05. The van der Waals surface area contributed by atoms with Gasteiger partial charge >= 0.3 is 0 Å². The van der Waals surface area contributed by atoms with E-state index in [0.717, 1.165) is 28.1 Å². The summed E-state index contributed by atoms with van der Waals surface area (Å²) in [5, 5.41) is 9.42. The molecule has 23 heavy (non-hydrogen) atoms. The number of carbonyl (C=O) groups is 1. The summed E-state index contributed by atoms with van der Waals surface area (Å²) >= 11 is 9.65. The number of nitrogens with zero attached hydrogens (tertiary/aromatic N) is 5. The lowest BCUT2D eigenvalue weighted by atomic mass is 10.2. The zero-order valence-electron chi connectivity index (χ0n) is 14.0. The minimum absolute atomic E-state index is 0.0368. The quantitative estimate of drug-likeness (QED) is 0.770. The van der Waals surface area contributed by atoms with Crippen molar-refractivity contribution in [1.82, 2.24) is 24.5 Å². The van der Waals surface area contributed by atoms with Crippen molar-refractivity contribution in [1.29, 1.82) is 0 Å². The van der Waals surface area contributed by atoms with Gasteiger partial charge in [-0.3, -0.25) is 14.2 Å². The summed E-state index contributed by atoms with van der Waals surface area (Å²) in [6, 6.07) is -0.418. The Morgan fingerprint density at radius 2 is 2.09 bits per heavy atom. The van der Waals surface area contributed by atoms with Crippen molar-refractivity contribution in [2.24, 2.45) is 0 Å². The smallest absolute Gasteiger partial charge is 0.247 e. The molecule has 0 radical (unpaired) electrons. The summed E-state index contributed by atoms with van der Waals surface area (Å²) < 4.78 is 4.42. The molecular formula is C15H21BrClN5O. The molecule has 1 unspecified atom stereocenters. The van der Waals surface area contributed by atoms with Crippen molar-refractivity contribution in [3.8, 4) is 0 Å². The van der Waals surface area contributed by atoms with E-state index in [1.54, 1.807) is 16.6 Å². The molecule has 1 atom stereocenters. The van der Waals surface area contributed by atoms with E-state index in [1.807, 2.05) is 38.6 Å². The lowest BCUT2D eigenvalue weighted by molar-refractivity contribution is -0.133. The fourth-order valence-corrected chi connectivity index (χ4v) is 3.02. The Balaban J connectivity index is 2.15. The number of carbonyl (C=O) groups excluding carboxylic acids is 1. The summed E-state index contributed by atoms with van der Waals surface area (Å²) in [5.41, 5.74) is 2.37. The van der Waals surface area contributed by atoms with Gasteiger partial charge in [0.2, 0.25) is 5.91 Å². The fourth-order valence-electron chi connectivity index (χ4n) is 2.45. The Kier molecular flexibility index (Phi) is 5.52. The first-order valence-corrected chi connectivity index (χ1v) is 8.61. The van der Waals surface area contributed by atoms with E-state index in [2.05, 4.69) is 26.1 Å². The molecule has 2 aromatic heterocycles. The molecule has 0 spiro atoms. The number of amides is 1. The molecule has 8 heteroatoms. The van der Waals surface area contributed by atoms with Crippen LogP contribution in [0.5, 0.6) is 0 Å². The molecule has 0 aliphatic rings. The molecule has 0 saturated heterocycles. The maximum absolute atomic E-state index is 12.7. The summed E-state index contributed by atoms with van der Waals surface area (Å²) in [5.74, 6) is -0.0368. The maximum atomic E-state index is 12.7. The summed E-state index contributed by atoms with van der Waals surface area (Å²) in [6.45, 7) is 8.77. The van der Waals surface area contributed by atoms with Gasteiger partial charge in [0.05, 0.1) is 33.1 Å². The minimum Gasteiger partial charge on any atom is -0.338 e. The van der Waals surface area contributed by atoms with Gasteiger partial charge in [0.15, 0.2) is 0 Å². The topological polar surface area (TPSA) is 56.0 Å². The van der Waals surface area contributed by atoms with Gasteiger partial charge in [-0.2, -0.15) is 10.2 Å². The molecule has 2 heterocycles. The maximum Gasteiger partial charge on any atom is 0.247 e. The van der Waals surface area contributed by atoms with Crippen molar-refractivity contribution in [2.45, 2.75) is 46.8 Å². The van der Waals surface area contributed by atoms with Gasteiger partial charge in [0.25, 0.3) is 0 Å². The van der Waals surface area contributed by atoms with E-state index in [1.165, 1.54) is 0 Å². The first-order valence-electron chi connectivity index (χ1n) is 7.44. The van der Waals surface area contributed by atoms with E-state index in [9.17, 15) is 4.79 Å². The van der Waals surface area contributed by atoms with Gasteiger partial charge in [-0.05, 0) is 43.6 Å². The number of likely N-dealkylation sites (N-methyl/N-ethyl adjacent to an activating group) is 1. The number of hydrogen-bond acceptors (Lipinski definition) is 3. The molecule has 0 aliphatic carbocycles. The van der Waals surface area contributed by atoms with Crippen molar-refractivity contribution in [2.75, 3.05) is 7.05 Å². The molecule has 2 aromatic rings. The third-order valence-electron chi connectivity index (χ3n) is 3.84. The van der Waals surface area contributed by atoms with Gasteiger partial charge in [0, 0.05) is 19.8 Å². The molecule has 0 saturated carbocycles. The van der Waals surface area contributed by atoms with Crippen molar-refractivity contribution in [3.63, 3.8) is 0 Å². The first kappa shape index (κ1) is 18.0. The van der Waals surface area contributed by atoms with Crippen LogP contribution in [0.4, 0.5) is 0 Å². The lowest BCUT2D eigenvalue weighted by Crippen LogP contribution is -2.33. The van der Waals surface area contributed by atoms with E-state index < -0.39 is 6.04 Å². The number of aromatic nitrogens is 4. The molecule has 0 aromatic carbocycles. The Labute approximate surface area is 149 Å². The predicted octanol–water partition coefficient (Wildman–Crippen LogP) is 3.35. The third kappa shape index (κ3) is 3.61. The first-order chi connectivity index (χ1) is 10.8. The monoisotopic (exact) mass is 401 g/mol. The highest BCUT2D eigenvalue weighted by Gasteiger charge is 2.24. The Morgan fingerprint density at radius 3 is 2.57 bits per heavy atom.